The number of carbonyl (C=O) groups is 1. The van der Waals surface area contributed by atoms with Crippen molar-refractivity contribution in [2.75, 3.05) is 11.9 Å². The van der Waals surface area contributed by atoms with Gasteiger partial charge in [0.15, 0.2) is 10.8 Å². The van der Waals surface area contributed by atoms with Crippen LogP contribution in [0.3, 0.4) is 0 Å². The Morgan fingerprint density at radius 3 is 2.90 bits per heavy atom. The quantitative estimate of drug-likeness (QED) is 0.791. The number of aromatic nitrogens is 1. The van der Waals surface area contributed by atoms with Crippen molar-refractivity contribution in [3.63, 3.8) is 0 Å². The fourth-order valence-electron chi connectivity index (χ4n) is 1.75. The molecule has 1 aromatic carbocycles. The van der Waals surface area contributed by atoms with Crippen LogP contribution in [0, 0.1) is 0 Å². The van der Waals surface area contributed by atoms with Gasteiger partial charge in [0, 0.05) is 15.4 Å². The van der Waals surface area contributed by atoms with Crippen molar-refractivity contribution in [3.8, 4) is 0 Å². The van der Waals surface area contributed by atoms with Gasteiger partial charge in [-0.15, -0.1) is 11.3 Å². The minimum atomic E-state index is -0.418. The minimum Gasteiger partial charge on any atom is -0.461 e. The first-order valence-electron chi connectivity index (χ1n) is 6.35. The number of benzene rings is 1. The molecule has 0 aliphatic rings. The lowest BCUT2D eigenvalue weighted by atomic mass is 10.1. The Morgan fingerprint density at radius 2 is 2.24 bits per heavy atom. The summed E-state index contributed by atoms with van der Waals surface area (Å²) in [6.45, 7) is 4.05. The first kappa shape index (κ1) is 16.1. The summed E-state index contributed by atoms with van der Waals surface area (Å²) >= 11 is 13.4. The van der Waals surface area contributed by atoms with E-state index in [-0.39, 0.29) is 6.04 Å². The van der Waals surface area contributed by atoms with Crippen LogP contribution in [0.2, 0.25) is 10.0 Å². The number of rotatable bonds is 5. The van der Waals surface area contributed by atoms with Crippen LogP contribution in [-0.2, 0) is 4.74 Å². The van der Waals surface area contributed by atoms with Crippen LogP contribution in [0.15, 0.2) is 23.6 Å². The van der Waals surface area contributed by atoms with E-state index in [1.54, 1.807) is 24.4 Å². The highest BCUT2D eigenvalue weighted by molar-refractivity contribution is 7.13. The van der Waals surface area contributed by atoms with Gasteiger partial charge < -0.3 is 10.1 Å². The van der Waals surface area contributed by atoms with E-state index in [0.717, 1.165) is 5.56 Å². The van der Waals surface area contributed by atoms with E-state index in [0.29, 0.717) is 27.5 Å². The lowest BCUT2D eigenvalue weighted by Crippen LogP contribution is -2.08. The normalized spacial score (nSPS) is 12.0. The average molecular weight is 345 g/mol. The van der Waals surface area contributed by atoms with E-state index in [4.69, 9.17) is 27.9 Å². The molecule has 1 aromatic heterocycles. The van der Waals surface area contributed by atoms with Crippen LogP contribution in [0.4, 0.5) is 5.13 Å². The van der Waals surface area contributed by atoms with Crippen molar-refractivity contribution < 1.29 is 9.53 Å². The van der Waals surface area contributed by atoms with Gasteiger partial charge in [0.25, 0.3) is 0 Å². The molecular weight excluding hydrogens is 331 g/mol. The lowest BCUT2D eigenvalue weighted by Gasteiger charge is -2.15. The van der Waals surface area contributed by atoms with Crippen molar-refractivity contribution in [1.82, 2.24) is 4.98 Å². The Kier molecular flexibility index (Phi) is 5.45. The molecule has 0 saturated heterocycles. The zero-order valence-corrected chi connectivity index (χ0v) is 13.9. The molecule has 21 heavy (non-hydrogen) atoms. The van der Waals surface area contributed by atoms with Gasteiger partial charge in [-0.25, -0.2) is 9.78 Å². The fraction of sp³-hybridized carbons (Fsp3) is 0.286. The molecule has 1 unspecified atom stereocenters. The van der Waals surface area contributed by atoms with E-state index in [1.165, 1.54) is 11.3 Å². The van der Waals surface area contributed by atoms with Gasteiger partial charge in [-0.05, 0) is 31.5 Å². The Hall–Kier alpha value is -1.30. The summed E-state index contributed by atoms with van der Waals surface area (Å²) in [5, 5.41) is 6.69. The lowest BCUT2D eigenvalue weighted by molar-refractivity contribution is 0.0520. The first-order valence-corrected chi connectivity index (χ1v) is 7.99. The Morgan fingerprint density at radius 1 is 1.48 bits per heavy atom. The summed E-state index contributed by atoms with van der Waals surface area (Å²) in [6.07, 6.45) is 0. The van der Waals surface area contributed by atoms with Crippen molar-refractivity contribution >= 4 is 45.6 Å². The van der Waals surface area contributed by atoms with Gasteiger partial charge in [-0.3, -0.25) is 0 Å². The van der Waals surface area contributed by atoms with Crippen LogP contribution in [0.25, 0.3) is 0 Å². The predicted molar refractivity (Wildman–Crippen MR) is 86.6 cm³/mol. The Labute approximate surface area is 137 Å². The van der Waals surface area contributed by atoms with E-state index in [9.17, 15) is 4.79 Å². The van der Waals surface area contributed by atoms with Crippen molar-refractivity contribution in [3.05, 3.63) is 44.9 Å². The SMILES string of the molecule is CCOC(=O)c1csc(NC(C)c2ccc(Cl)cc2Cl)n1. The molecule has 1 atom stereocenters. The molecule has 0 amide bonds. The molecule has 0 aliphatic heterocycles. The molecule has 112 valence electrons. The second-order valence-electron chi connectivity index (χ2n) is 4.29. The van der Waals surface area contributed by atoms with E-state index >= 15 is 0 Å². The standard InChI is InChI=1S/C14H14Cl2N2O2S/c1-3-20-13(19)12-7-21-14(18-12)17-8(2)10-5-4-9(15)6-11(10)16/h4-8H,3H2,1-2H3,(H,17,18). The summed E-state index contributed by atoms with van der Waals surface area (Å²) in [7, 11) is 0. The van der Waals surface area contributed by atoms with Crippen LogP contribution in [0.1, 0.15) is 35.9 Å². The molecule has 0 aliphatic carbocycles. The third kappa shape index (κ3) is 4.09. The number of carbonyl (C=O) groups excluding carboxylic acids is 1. The first-order chi connectivity index (χ1) is 10.0. The highest BCUT2D eigenvalue weighted by Gasteiger charge is 2.15. The molecule has 4 nitrogen and oxygen atoms in total. The molecular formula is C14H14Cl2N2O2S. The molecule has 0 saturated carbocycles. The summed E-state index contributed by atoms with van der Waals surface area (Å²) in [5.74, 6) is -0.418. The maximum Gasteiger partial charge on any atom is 0.357 e. The molecule has 1 N–H and O–H groups in total. The number of hydrogen-bond donors (Lipinski definition) is 1. The van der Waals surface area contributed by atoms with E-state index in [1.807, 2.05) is 13.0 Å². The second-order valence-corrected chi connectivity index (χ2v) is 5.99. The predicted octanol–water partition coefficient (Wildman–Crippen LogP) is 4.80. The van der Waals surface area contributed by atoms with Crippen LogP contribution in [0.5, 0.6) is 0 Å². The minimum absolute atomic E-state index is 0.0593. The third-order valence-corrected chi connectivity index (χ3v) is 4.09. The zero-order valence-electron chi connectivity index (χ0n) is 11.5. The number of ether oxygens (including phenoxy) is 1. The molecule has 2 rings (SSSR count). The topological polar surface area (TPSA) is 51.2 Å². The number of nitrogens with one attached hydrogen (secondary N) is 1. The maximum absolute atomic E-state index is 11.6. The summed E-state index contributed by atoms with van der Waals surface area (Å²) in [5.41, 5.74) is 1.22. The molecule has 0 radical (unpaired) electrons. The highest BCUT2D eigenvalue weighted by Crippen LogP contribution is 2.29. The van der Waals surface area contributed by atoms with Gasteiger partial charge in [0.2, 0.25) is 0 Å². The van der Waals surface area contributed by atoms with E-state index < -0.39 is 5.97 Å². The number of thiazole rings is 1. The molecule has 2 aromatic rings. The third-order valence-electron chi connectivity index (χ3n) is 2.76. The van der Waals surface area contributed by atoms with Crippen LogP contribution >= 0.6 is 34.5 Å². The molecule has 0 fully saturated rings. The largest absolute Gasteiger partial charge is 0.461 e. The average Bonchev–Trinajstić information content (AvgIpc) is 2.87. The van der Waals surface area contributed by atoms with Gasteiger partial charge in [-0.2, -0.15) is 0 Å². The Bertz CT molecular complexity index is 646. The monoisotopic (exact) mass is 344 g/mol. The maximum atomic E-state index is 11.6. The highest BCUT2D eigenvalue weighted by atomic mass is 35.5. The summed E-state index contributed by atoms with van der Waals surface area (Å²) in [4.78, 5) is 15.8. The fourth-order valence-corrected chi connectivity index (χ4v) is 3.09. The molecule has 0 bridgehead atoms. The molecule has 7 heteroatoms. The van der Waals surface area contributed by atoms with Crippen LogP contribution in [-0.4, -0.2) is 17.6 Å². The van der Waals surface area contributed by atoms with Gasteiger partial charge in [0.05, 0.1) is 12.6 Å². The zero-order chi connectivity index (χ0) is 15.4. The van der Waals surface area contributed by atoms with Gasteiger partial charge in [0.1, 0.15) is 0 Å². The van der Waals surface area contributed by atoms with Crippen molar-refractivity contribution in [1.29, 1.82) is 0 Å². The van der Waals surface area contributed by atoms with Gasteiger partial charge >= 0.3 is 5.97 Å². The van der Waals surface area contributed by atoms with Gasteiger partial charge in [-0.1, -0.05) is 29.3 Å². The number of esters is 1. The van der Waals surface area contributed by atoms with Crippen LogP contribution < -0.4 is 5.32 Å². The second kappa shape index (κ2) is 7.11. The summed E-state index contributed by atoms with van der Waals surface area (Å²) < 4.78 is 4.90. The number of anilines is 1. The smallest absolute Gasteiger partial charge is 0.357 e. The van der Waals surface area contributed by atoms with Crippen molar-refractivity contribution in [2.24, 2.45) is 0 Å². The number of nitrogens with zero attached hydrogens (tertiary/aromatic N) is 1. The molecule has 1 heterocycles. The summed E-state index contributed by atoms with van der Waals surface area (Å²) in [6, 6.07) is 5.29. The number of hydrogen-bond acceptors (Lipinski definition) is 5. The molecule has 0 spiro atoms. The number of halogens is 2. The van der Waals surface area contributed by atoms with E-state index in [2.05, 4.69) is 10.3 Å². The van der Waals surface area contributed by atoms with Crippen molar-refractivity contribution in [2.45, 2.75) is 19.9 Å². The Balaban J connectivity index is 2.09.